The van der Waals surface area contributed by atoms with Gasteiger partial charge in [0.15, 0.2) is 0 Å². The van der Waals surface area contributed by atoms with E-state index in [1.54, 1.807) is 42.5 Å². The summed E-state index contributed by atoms with van der Waals surface area (Å²) in [5.74, 6) is -0.0186. The highest BCUT2D eigenvalue weighted by Crippen LogP contribution is 2.20. The van der Waals surface area contributed by atoms with Crippen LogP contribution < -0.4 is 15.4 Å². The second kappa shape index (κ2) is 8.70. The molecule has 0 saturated carbocycles. The first-order valence-corrected chi connectivity index (χ1v) is 8.42. The van der Waals surface area contributed by atoms with E-state index in [4.69, 9.17) is 16.3 Å². The van der Waals surface area contributed by atoms with E-state index in [2.05, 4.69) is 26.6 Å². The predicted octanol–water partition coefficient (Wildman–Crippen LogP) is 3.87. The summed E-state index contributed by atoms with van der Waals surface area (Å²) in [6, 6.07) is 11.9. The largest absolute Gasteiger partial charge is 0.494 e. The fraction of sp³-hybridized carbons (Fsp3) is 0.176. The van der Waals surface area contributed by atoms with Gasteiger partial charge in [-0.05, 0) is 49.4 Å². The Morgan fingerprint density at radius 3 is 2.54 bits per heavy atom. The van der Waals surface area contributed by atoms with Crippen LogP contribution in [0.25, 0.3) is 0 Å². The molecular weight excluding hydrogens is 396 g/mol. The van der Waals surface area contributed by atoms with Crippen molar-refractivity contribution in [3.63, 3.8) is 0 Å². The number of carbonyl (C=O) groups excluding carboxylic acids is 2. The van der Waals surface area contributed by atoms with E-state index in [-0.39, 0.29) is 12.5 Å². The molecule has 2 aromatic carbocycles. The molecule has 0 heterocycles. The molecule has 0 saturated heterocycles. The Bertz CT molecular complexity index is 735. The van der Waals surface area contributed by atoms with Crippen molar-refractivity contribution >= 4 is 45.0 Å². The number of hydrogen-bond acceptors (Lipinski definition) is 3. The Morgan fingerprint density at radius 1 is 1.17 bits per heavy atom. The molecule has 2 amide bonds. The zero-order valence-corrected chi connectivity index (χ0v) is 15.3. The first-order valence-electron chi connectivity index (χ1n) is 7.25. The van der Waals surface area contributed by atoms with Gasteiger partial charge in [-0.25, -0.2) is 0 Å². The van der Waals surface area contributed by atoms with Gasteiger partial charge in [-0.3, -0.25) is 9.59 Å². The molecule has 0 atom stereocenters. The second-order valence-electron chi connectivity index (χ2n) is 4.81. The van der Waals surface area contributed by atoms with Crippen molar-refractivity contribution in [2.75, 3.05) is 18.5 Å². The van der Waals surface area contributed by atoms with Gasteiger partial charge in [0.2, 0.25) is 5.91 Å². The van der Waals surface area contributed by atoms with Crippen LogP contribution in [-0.4, -0.2) is 25.0 Å². The summed E-state index contributed by atoms with van der Waals surface area (Å²) < 4.78 is 6.06. The second-order valence-corrected chi connectivity index (χ2v) is 6.14. The van der Waals surface area contributed by atoms with Crippen LogP contribution in [0.5, 0.6) is 5.75 Å². The molecule has 24 heavy (non-hydrogen) atoms. The third kappa shape index (κ3) is 5.25. The molecule has 2 aromatic rings. The molecule has 0 fully saturated rings. The first-order chi connectivity index (χ1) is 11.5. The maximum atomic E-state index is 12.1. The molecule has 0 aliphatic rings. The summed E-state index contributed by atoms with van der Waals surface area (Å²) in [5, 5.41) is 5.55. The van der Waals surface area contributed by atoms with Gasteiger partial charge in [0.1, 0.15) is 5.75 Å². The van der Waals surface area contributed by atoms with Gasteiger partial charge in [-0.2, -0.15) is 0 Å². The average Bonchev–Trinajstić information content (AvgIpc) is 2.57. The Morgan fingerprint density at radius 2 is 1.88 bits per heavy atom. The van der Waals surface area contributed by atoms with Crippen molar-refractivity contribution in [1.29, 1.82) is 0 Å². The Kier molecular flexibility index (Phi) is 6.63. The highest BCUT2D eigenvalue weighted by atomic mass is 79.9. The quantitative estimate of drug-likeness (QED) is 0.758. The number of benzene rings is 2. The smallest absolute Gasteiger partial charge is 0.253 e. The van der Waals surface area contributed by atoms with Gasteiger partial charge in [-0.15, -0.1) is 0 Å². The lowest BCUT2D eigenvalue weighted by Crippen LogP contribution is -2.33. The molecule has 2 N–H and O–H groups in total. The van der Waals surface area contributed by atoms with Crippen LogP contribution in [-0.2, 0) is 4.79 Å². The minimum Gasteiger partial charge on any atom is -0.494 e. The third-order valence-corrected chi connectivity index (χ3v) is 3.85. The Balaban J connectivity index is 1.88. The van der Waals surface area contributed by atoms with E-state index in [1.165, 1.54) is 0 Å². The molecule has 126 valence electrons. The van der Waals surface area contributed by atoms with Crippen molar-refractivity contribution < 1.29 is 14.3 Å². The topological polar surface area (TPSA) is 67.4 Å². The van der Waals surface area contributed by atoms with Crippen LogP contribution in [0.15, 0.2) is 46.9 Å². The monoisotopic (exact) mass is 410 g/mol. The number of carbonyl (C=O) groups is 2. The third-order valence-electron chi connectivity index (χ3n) is 3.03. The van der Waals surface area contributed by atoms with E-state index in [9.17, 15) is 9.59 Å². The predicted molar refractivity (Wildman–Crippen MR) is 97.7 cm³/mol. The highest BCUT2D eigenvalue weighted by molar-refractivity contribution is 9.10. The molecule has 7 heteroatoms. The molecule has 0 aliphatic heterocycles. The fourth-order valence-corrected chi connectivity index (χ4v) is 2.50. The summed E-state index contributed by atoms with van der Waals surface area (Å²) >= 11 is 9.26. The molecule has 5 nitrogen and oxygen atoms in total. The average molecular weight is 412 g/mol. The first kappa shape index (κ1) is 18.3. The fourth-order valence-electron chi connectivity index (χ4n) is 1.93. The van der Waals surface area contributed by atoms with Gasteiger partial charge in [0.25, 0.3) is 5.91 Å². The maximum Gasteiger partial charge on any atom is 0.253 e. The minimum atomic E-state index is -0.414. The molecule has 0 unspecified atom stereocenters. The van der Waals surface area contributed by atoms with Crippen LogP contribution in [0, 0.1) is 0 Å². The number of halogens is 2. The molecular formula is C17H16BrClN2O3. The number of ether oxygens (including phenoxy) is 1. The number of amides is 2. The van der Waals surface area contributed by atoms with Crippen molar-refractivity contribution in [2.24, 2.45) is 0 Å². The van der Waals surface area contributed by atoms with Gasteiger partial charge in [0.05, 0.1) is 23.7 Å². The lowest BCUT2D eigenvalue weighted by Gasteiger charge is -2.09. The Labute approximate surface area is 153 Å². The van der Waals surface area contributed by atoms with E-state index in [0.29, 0.717) is 22.9 Å². The van der Waals surface area contributed by atoms with Crippen molar-refractivity contribution in [3.8, 4) is 5.75 Å². The van der Waals surface area contributed by atoms with Crippen molar-refractivity contribution in [3.05, 3.63) is 57.5 Å². The summed E-state index contributed by atoms with van der Waals surface area (Å²) in [7, 11) is 0. The normalized spacial score (nSPS) is 10.1. The molecule has 0 spiro atoms. The van der Waals surface area contributed by atoms with E-state index < -0.39 is 5.91 Å². The van der Waals surface area contributed by atoms with Gasteiger partial charge in [-0.1, -0.05) is 27.5 Å². The highest BCUT2D eigenvalue weighted by Gasteiger charge is 2.12. The van der Waals surface area contributed by atoms with Gasteiger partial charge >= 0.3 is 0 Å². The standard InChI is InChI=1S/C17H16BrClN2O3/c1-2-24-13-6-4-12(5-7-13)21-16(22)10-20-17(23)14-9-11(18)3-8-15(14)19/h3-9H,2,10H2,1H3,(H,20,23)(H,21,22). The van der Waals surface area contributed by atoms with Gasteiger partial charge in [0, 0.05) is 10.2 Å². The van der Waals surface area contributed by atoms with Crippen LogP contribution in [0.3, 0.4) is 0 Å². The minimum absolute atomic E-state index is 0.158. The van der Waals surface area contributed by atoms with Crippen LogP contribution in [0.2, 0.25) is 5.02 Å². The van der Waals surface area contributed by atoms with Crippen molar-refractivity contribution in [1.82, 2.24) is 5.32 Å². The zero-order valence-electron chi connectivity index (χ0n) is 12.9. The van der Waals surface area contributed by atoms with Gasteiger partial charge < -0.3 is 15.4 Å². The van der Waals surface area contributed by atoms with E-state index >= 15 is 0 Å². The summed E-state index contributed by atoms with van der Waals surface area (Å²) in [4.78, 5) is 24.0. The number of nitrogens with one attached hydrogen (secondary N) is 2. The lowest BCUT2D eigenvalue weighted by atomic mass is 10.2. The van der Waals surface area contributed by atoms with E-state index in [1.807, 2.05) is 6.92 Å². The number of rotatable bonds is 6. The number of hydrogen-bond donors (Lipinski definition) is 2. The summed E-state index contributed by atoms with van der Waals surface area (Å²) in [5.41, 5.74) is 0.929. The molecule has 0 bridgehead atoms. The Hall–Kier alpha value is -2.05. The lowest BCUT2D eigenvalue weighted by molar-refractivity contribution is -0.115. The number of anilines is 1. The maximum absolute atomic E-state index is 12.1. The molecule has 0 aliphatic carbocycles. The molecule has 0 radical (unpaired) electrons. The van der Waals surface area contributed by atoms with Crippen LogP contribution in [0.1, 0.15) is 17.3 Å². The van der Waals surface area contributed by atoms with Crippen LogP contribution >= 0.6 is 27.5 Å². The summed E-state index contributed by atoms with van der Waals surface area (Å²) in [6.45, 7) is 2.32. The van der Waals surface area contributed by atoms with Crippen LogP contribution in [0.4, 0.5) is 5.69 Å². The molecule has 0 aromatic heterocycles. The zero-order chi connectivity index (χ0) is 17.5. The SMILES string of the molecule is CCOc1ccc(NC(=O)CNC(=O)c2cc(Br)ccc2Cl)cc1. The summed E-state index contributed by atoms with van der Waals surface area (Å²) in [6.07, 6.45) is 0. The van der Waals surface area contributed by atoms with Crippen molar-refractivity contribution in [2.45, 2.75) is 6.92 Å². The molecule has 2 rings (SSSR count). The van der Waals surface area contributed by atoms with E-state index in [0.717, 1.165) is 10.2 Å².